The molecule has 0 aromatic rings. The monoisotopic (exact) mass is 943 g/mol. The second-order valence-electron chi connectivity index (χ2n) is 21.4. The van der Waals surface area contributed by atoms with E-state index in [1.54, 1.807) is 0 Å². The number of hydrogen-bond donors (Lipinski definition) is 2. The molecule has 3 atom stereocenters. The zero-order chi connectivity index (χ0) is 47.8. The third-order valence-corrected chi connectivity index (χ3v) is 14.6. The maximum atomic E-state index is 13.0. The van der Waals surface area contributed by atoms with Crippen LogP contribution in [0, 0.1) is 0 Å². The highest BCUT2D eigenvalue weighted by molar-refractivity contribution is 7.45. The van der Waals surface area contributed by atoms with E-state index in [-0.39, 0.29) is 19.1 Å². The Hall–Kier alpha value is -0.500. The number of nitrogens with zero attached hydrogens (tertiary/aromatic N) is 1. The molecule has 0 aliphatic carbocycles. The molecule has 0 saturated carbocycles. The van der Waals surface area contributed by atoms with Gasteiger partial charge in [-0.15, -0.1) is 0 Å². The number of aliphatic hydroxyl groups excluding tert-OH is 1. The number of unbranched alkanes of at least 4 members (excludes halogenated alkanes) is 41. The van der Waals surface area contributed by atoms with E-state index < -0.39 is 20.0 Å². The summed E-state index contributed by atoms with van der Waals surface area (Å²) in [5.74, 6) is -0.157. The predicted octanol–water partition coefficient (Wildman–Crippen LogP) is 16.6. The van der Waals surface area contributed by atoms with E-state index in [0.29, 0.717) is 23.9 Å². The van der Waals surface area contributed by atoms with Crippen LogP contribution in [-0.4, -0.2) is 68.5 Å². The Bertz CT molecular complexity index is 1030. The first-order valence-corrected chi connectivity index (χ1v) is 30.3. The highest BCUT2D eigenvalue weighted by atomic mass is 31.2. The highest BCUT2D eigenvalue weighted by Gasteiger charge is 2.24. The van der Waals surface area contributed by atoms with Crippen LogP contribution in [0.2, 0.25) is 0 Å². The van der Waals surface area contributed by atoms with Gasteiger partial charge in [-0.3, -0.25) is 9.36 Å². The van der Waals surface area contributed by atoms with Gasteiger partial charge in [0.15, 0.2) is 0 Å². The van der Waals surface area contributed by atoms with Gasteiger partial charge >= 0.3 is 0 Å². The molecule has 0 fully saturated rings. The van der Waals surface area contributed by atoms with Crippen LogP contribution in [0.25, 0.3) is 0 Å². The molecule has 390 valence electrons. The van der Waals surface area contributed by atoms with Gasteiger partial charge in [-0.1, -0.05) is 284 Å². The number of likely N-dealkylation sites (N-methyl/N-ethyl adjacent to an activating group) is 1. The Morgan fingerprint density at radius 2 is 0.754 bits per heavy atom. The molecule has 0 bridgehead atoms. The predicted molar refractivity (Wildman–Crippen MR) is 279 cm³/mol. The van der Waals surface area contributed by atoms with Crippen molar-refractivity contribution in [3.05, 3.63) is 0 Å². The van der Waals surface area contributed by atoms with Crippen molar-refractivity contribution in [2.45, 2.75) is 315 Å². The fraction of sp³-hybridized carbons (Fsp3) is 0.982. The van der Waals surface area contributed by atoms with Gasteiger partial charge in [0, 0.05) is 6.42 Å². The maximum absolute atomic E-state index is 13.0. The molecule has 0 rings (SSSR count). The van der Waals surface area contributed by atoms with Crippen molar-refractivity contribution in [1.82, 2.24) is 5.32 Å². The van der Waals surface area contributed by atoms with Crippen molar-refractivity contribution in [2.75, 3.05) is 40.9 Å². The summed E-state index contributed by atoms with van der Waals surface area (Å²) in [6.07, 6.45) is 57.1. The Morgan fingerprint density at radius 1 is 0.477 bits per heavy atom. The summed E-state index contributed by atoms with van der Waals surface area (Å²) in [5.41, 5.74) is 0. The molecule has 0 heterocycles. The normalized spacial score (nSPS) is 13.9. The summed E-state index contributed by atoms with van der Waals surface area (Å²) in [7, 11) is 1.32. The van der Waals surface area contributed by atoms with Crippen LogP contribution in [0.1, 0.15) is 303 Å². The minimum Gasteiger partial charge on any atom is -0.756 e. The summed E-state index contributed by atoms with van der Waals surface area (Å²) >= 11 is 0. The van der Waals surface area contributed by atoms with Crippen LogP contribution < -0.4 is 10.2 Å². The fourth-order valence-corrected chi connectivity index (χ4v) is 9.77. The smallest absolute Gasteiger partial charge is 0.268 e. The minimum absolute atomic E-state index is 0.0165. The van der Waals surface area contributed by atoms with E-state index >= 15 is 0 Å². The lowest BCUT2D eigenvalue weighted by Crippen LogP contribution is -2.46. The standard InChI is InChI=1S/C56H115N2O6P/c1-6-8-10-12-14-16-18-20-22-23-24-25-26-27-28-29-30-31-32-33-34-36-38-40-42-44-46-48-50-56(60)57-54(53-64-65(61,62)63-52-51-58(3,4)5)55(59)49-47-45-43-41-39-37-35-21-19-17-15-13-11-9-7-2/h54-55,59H,6-53H2,1-5H3,(H-,57,60,61,62). The van der Waals surface area contributed by atoms with Crippen molar-refractivity contribution in [2.24, 2.45) is 0 Å². The average molecular weight is 944 g/mol. The third-order valence-electron chi connectivity index (χ3n) is 13.6. The Kier molecular flexibility index (Phi) is 48.1. The van der Waals surface area contributed by atoms with Crippen molar-refractivity contribution in [3.8, 4) is 0 Å². The lowest BCUT2D eigenvalue weighted by atomic mass is 10.0. The average Bonchev–Trinajstić information content (AvgIpc) is 3.26. The Balaban J connectivity index is 4.03. The van der Waals surface area contributed by atoms with E-state index in [0.717, 1.165) is 38.5 Å². The molecule has 0 aliphatic rings. The molecule has 0 aromatic carbocycles. The van der Waals surface area contributed by atoms with Crippen molar-refractivity contribution < 1.29 is 32.9 Å². The quantitative estimate of drug-likeness (QED) is 0.0357. The Labute approximate surface area is 406 Å². The zero-order valence-electron chi connectivity index (χ0n) is 44.5. The number of quaternary nitrogens is 1. The topological polar surface area (TPSA) is 108 Å². The summed E-state index contributed by atoms with van der Waals surface area (Å²) in [6.45, 7) is 4.77. The first-order valence-electron chi connectivity index (χ1n) is 28.9. The molecule has 1 amide bonds. The molecule has 0 saturated heterocycles. The molecular formula is C56H115N2O6P. The van der Waals surface area contributed by atoms with Gasteiger partial charge in [-0.2, -0.15) is 0 Å². The molecule has 8 nitrogen and oxygen atoms in total. The first-order chi connectivity index (χ1) is 31.5. The van der Waals surface area contributed by atoms with Gasteiger partial charge in [0.2, 0.25) is 5.91 Å². The van der Waals surface area contributed by atoms with Gasteiger partial charge in [0.25, 0.3) is 7.82 Å². The number of rotatable bonds is 54. The largest absolute Gasteiger partial charge is 0.756 e. The minimum atomic E-state index is -4.56. The van der Waals surface area contributed by atoms with Crippen molar-refractivity contribution in [1.29, 1.82) is 0 Å². The molecule has 0 aliphatic heterocycles. The van der Waals surface area contributed by atoms with E-state index in [2.05, 4.69) is 19.2 Å². The summed E-state index contributed by atoms with van der Waals surface area (Å²) in [5, 5.41) is 14.0. The molecular weight excluding hydrogens is 828 g/mol. The molecule has 0 radical (unpaired) electrons. The summed E-state index contributed by atoms with van der Waals surface area (Å²) in [4.78, 5) is 25.5. The fourth-order valence-electron chi connectivity index (χ4n) is 9.04. The number of aliphatic hydroxyl groups is 1. The van der Waals surface area contributed by atoms with Crippen LogP contribution in [0.15, 0.2) is 0 Å². The van der Waals surface area contributed by atoms with Gasteiger partial charge in [0.1, 0.15) is 13.2 Å². The first kappa shape index (κ1) is 64.5. The maximum Gasteiger partial charge on any atom is 0.268 e. The summed E-state index contributed by atoms with van der Waals surface area (Å²) in [6, 6.07) is -0.794. The number of hydrogen-bond acceptors (Lipinski definition) is 6. The highest BCUT2D eigenvalue weighted by Crippen LogP contribution is 2.38. The molecule has 0 aromatic heterocycles. The lowest BCUT2D eigenvalue weighted by Gasteiger charge is -2.30. The lowest BCUT2D eigenvalue weighted by molar-refractivity contribution is -0.870. The second-order valence-corrected chi connectivity index (χ2v) is 22.8. The number of phosphoric ester groups is 1. The van der Waals surface area contributed by atoms with Gasteiger partial charge in [-0.05, 0) is 12.8 Å². The number of carbonyl (C=O) groups is 1. The van der Waals surface area contributed by atoms with Crippen molar-refractivity contribution >= 4 is 13.7 Å². The van der Waals surface area contributed by atoms with Crippen molar-refractivity contribution in [3.63, 3.8) is 0 Å². The number of amides is 1. The molecule has 2 N–H and O–H groups in total. The summed E-state index contributed by atoms with van der Waals surface area (Å²) < 4.78 is 23.4. The van der Waals surface area contributed by atoms with E-state index in [4.69, 9.17) is 9.05 Å². The van der Waals surface area contributed by atoms with E-state index in [1.807, 2.05) is 21.1 Å². The number of nitrogens with one attached hydrogen (secondary N) is 1. The van der Waals surface area contributed by atoms with Gasteiger partial charge in [0.05, 0.1) is 39.9 Å². The number of carbonyl (C=O) groups excluding carboxylic acids is 1. The molecule has 3 unspecified atom stereocenters. The van der Waals surface area contributed by atoms with E-state index in [1.165, 1.54) is 238 Å². The molecule has 9 heteroatoms. The van der Waals surface area contributed by atoms with Crippen LogP contribution in [-0.2, 0) is 18.4 Å². The van der Waals surface area contributed by atoms with E-state index in [9.17, 15) is 19.4 Å². The van der Waals surface area contributed by atoms with Crippen LogP contribution in [0.3, 0.4) is 0 Å². The van der Waals surface area contributed by atoms with Gasteiger partial charge in [-0.25, -0.2) is 0 Å². The second kappa shape index (κ2) is 48.5. The zero-order valence-corrected chi connectivity index (χ0v) is 45.4. The van der Waals surface area contributed by atoms with Crippen LogP contribution in [0.5, 0.6) is 0 Å². The number of phosphoric acid groups is 1. The Morgan fingerprint density at radius 3 is 1.05 bits per heavy atom. The molecule has 65 heavy (non-hydrogen) atoms. The molecule has 0 spiro atoms. The third kappa shape index (κ3) is 51.2. The van der Waals surface area contributed by atoms with Crippen LogP contribution in [0.4, 0.5) is 0 Å². The van der Waals surface area contributed by atoms with Crippen LogP contribution >= 0.6 is 7.82 Å². The SMILES string of the molecule is CCCCCCCCCCCCCCCCCCCCCCCCCCCCCCC(=O)NC(COP(=O)([O-])OCC[N+](C)(C)C)C(O)CCCCCCCCCCCCCCCCC. The van der Waals surface area contributed by atoms with Gasteiger partial charge < -0.3 is 28.8 Å².